The Morgan fingerprint density at radius 2 is 1.43 bits per heavy atom. The van der Waals surface area contributed by atoms with Gasteiger partial charge in [0.2, 0.25) is 5.90 Å². The molecular weight excluding hydrogens is 728 g/mol. The summed E-state index contributed by atoms with van der Waals surface area (Å²) in [4.78, 5) is 20.1. The van der Waals surface area contributed by atoms with Crippen LogP contribution in [0.5, 0.6) is 5.75 Å². The van der Waals surface area contributed by atoms with Crippen LogP contribution in [0, 0.1) is 0 Å². The van der Waals surface area contributed by atoms with E-state index in [2.05, 4.69) is 21.2 Å². The van der Waals surface area contributed by atoms with E-state index in [-0.39, 0.29) is 42.0 Å². The van der Waals surface area contributed by atoms with Crippen molar-refractivity contribution in [1.82, 2.24) is 5.32 Å². The van der Waals surface area contributed by atoms with Crippen LogP contribution in [0.2, 0.25) is 0 Å². The fourth-order valence-electron chi connectivity index (χ4n) is 6.19. The normalized spacial score (nSPS) is 17.1. The van der Waals surface area contributed by atoms with Crippen LogP contribution in [-0.4, -0.2) is 56.4 Å². The Kier molecular flexibility index (Phi) is 11.7. The third kappa shape index (κ3) is 8.58. The van der Waals surface area contributed by atoms with E-state index < -0.39 is 27.4 Å². The van der Waals surface area contributed by atoms with Gasteiger partial charge in [0.1, 0.15) is 5.75 Å². The number of ether oxygens (including phenoxy) is 2. The molecular formula is C41H39BrN2O6S. The number of hydrogen-bond donors (Lipinski definition) is 2. The number of nitrogens with one attached hydrogen (secondary N) is 1. The van der Waals surface area contributed by atoms with Crippen LogP contribution in [0.15, 0.2) is 154 Å². The minimum atomic E-state index is -3.79. The van der Waals surface area contributed by atoms with E-state index in [1.165, 1.54) is 0 Å². The summed E-state index contributed by atoms with van der Waals surface area (Å²) in [6.45, 7) is 0.644. The second-order valence-electron chi connectivity index (χ2n) is 12.3. The van der Waals surface area contributed by atoms with Crippen LogP contribution < -0.4 is 10.1 Å². The highest BCUT2D eigenvalue weighted by Gasteiger charge is 2.53. The molecule has 0 spiro atoms. The predicted octanol–water partition coefficient (Wildman–Crippen LogP) is 7.28. The van der Waals surface area contributed by atoms with Gasteiger partial charge in [0.25, 0.3) is 5.91 Å². The minimum Gasteiger partial charge on any atom is -0.494 e. The van der Waals surface area contributed by atoms with Crippen LogP contribution >= 0.6 is 15.9 Å². The number of sulfone groups is 1. The van der Waals surface area contributed by atoms with Crippen LogP contribution in [-0.2, 0) is 19.4 Å². The number of carbonyl (C=O) groups excluding carboxylic acids is 1. The molecule has 5 aromatic carbocycles. The van der Waals surface area contributed by atoms with Crippen molar-refractivity contribution in [2.75, 3.05) is 25.5 Å². The van der Waals surface area contributed by atoms with Crippen molar-refractivity contribution in [2.45, 2.75) is 35.3 Å². The number of nitrogens with zero attached hydrogens (tertiary/aromatic N) is 1. The number of carbonyl (C=O) groups is 1. The Morgan fingerprint density at radius 3 is 2.02 bits per heavy atom. The average molecular weight is 768 g/mol. The van der Waals surface area contributed by atoms with Crippen LogP contribution in [0.3, 0.4) is 0 Å². The van der Waals surface area contributed by atoms with Gasteiger partial charge in [0.15, 0.2) is 21.5 Å². The molecule has 10 heteroatoms. The molecule has 1 aliphatic heterocycles. The maximum absolute atomic E-state index is 14.9. The zero-order valence-electron chi connectivity index (χ0n) is 27.9. The molecule has 262 valence electrons. The highest BCUT2D eigenvalue weighted by molar-refractivity contribution is 9.10. The maximum Gasteiger partial charge on any atom is 0.252 e. The highest BCUT2D eigenvalue weighted by atomic mass is 79.9. The van der Waals surface area contributed by atoms with Crippen molar-refractivity contribution in [2.24, 2.45) is 4.99 Å². The van der Waals surface area contributed by atoms with E-state index >= 15 is 0 Å². The fraction of sp³-hybridized carbons (Fsp3) is 0.220. The van der Waals surface area contributed by atoms with E-state index in [1.54, 1.807) is 54.6 Å². The Bertz CT molecular complexity index is 1990. The summed E-state index contributed by atoms with van der Waals surface area (Å²) in [6.07, 6.45) is -0.561. The second kappa shape index (κ2) is 16.5. The molecule has 2 atom stereocenters. The first-order valence-corrected chi connectivity index (χ1v) is 19.3. The first kappa shape index (κ1) is 36.0. The van der Waals surface area contributed by atoms with Crippen LogP contribution in [0.25, 0.3) is 0 Å². The van der Waals surface area contributed by atoms with Crippen molar-refractivity contribution < 1.29 is 27.8 Å². The summed E-state index contributed by atoms with van der Waals surface area (Å²) < 4.78 is 40.6. The SMILES string of the molecule is O=C(NCC(c1ccccc1)c1ccccc1)[C@]1(CCS(=O)(=O)c2ccccc2)N=C(c2ccc(OCCCO)cc2)O[C@@H]1c1ccc(Br)cc1. The van der Waals surface area contributed by atoms with E-state index in [9.17, 15) is 13.2 Å². The first-order chi connectivity index (χ1) is 24.8. The lowest BCUT2D eigenvalue weighted by Crippen LogP contribution is -2.50. The predicted molar refractivity (Wildman–Crippen MR) is 202 cm³/mol. The van der Waals surface area contributed by atoms with Crippen LogP contribution in [0.4, 0.5) is 0 Å². The highest BCUT2D eigenvalue weighted by Crippen LogP contribution is 2.43. The third-order valence-corrected chi connectivity index (χ3v) is 11.2. The Labute approximate surface area is 307 Å². The molecule has 5 aromatic rings. The summed E-state index contributed by atoms with van der Waals surface area (Å²) in [7, 11) is -3.79. The molecule has 1 heterocycles. The van der Waals surface area contributed by atoms with Crippen molar-refractivity contribution in [3.05, 3.63) is 166 Å². The Morgan fingerprint density at radius 1 is 0.843 bits per heavy atom. The molecule has 51 heavy (non-hydrogen) atoms. The number of hydrogen-bond acceptors (Lipinski definition) is 7. The Balaban J connectivity index is 1.40. The molecule has 0 bridgehead atoms. The van der Waals surface area contributed by atoms with Gasteiger partial charge in [0.05, 0.1) is 17.3 Å². The van der Waals surface area contributed by atoms with Crippen molar-refractivity contribution in [1.29, 1.82) is 0 Å². The molecule has 0 radical (unpaired) electrons. The monoisotopic (exact) mass is 766 g/mol. The van der Waals surface area contributed by atoms with Crippen molar-refractivity contribution in [3.63, 3.8) is 0 Å². The quantitative estimate of drug-likeness (QED) is 0.108. The molecule has 6 rings (SSSR count). The van der Waals surface area contributed by atoms with E-state index in [1.807, 2.05) is 84.9 Å². The number of benzene rings is 5. The molecule has 8 nitrogen and oxygen atoms in total. The van der Waals surface area contributed by atoms with Gasteiger partial charge in [-0.05, 0) is 65.2 Å². The van der Waals surface area contributed by atoms with Gasteiger partial charge in [-0.1, -0.05) is 107 Å². The largest absolute Gasteiger partial charge is 0.494 e. The maximum atomic E-state index is 14.9. The van der Waals surface area contributed by atoms with Gasteiger partial charge >= 0.3 is 0 Å². The smallest absolute Gasteiger partial charge is 0.252 e. The van der Waals surface area contributed by atoms with Gasteiger partial charge < -0.3 is 19.9 Å². The lowest BCUT2D eigenvalue weighted by atomic mass is 9.84. The summed E-state index contributed by atoms with van der Waals surface area (Å²) in [5, 5.41) is 12.3. The average Bonchev–Trinajstić information content (AvgIpc) is 3.57. The molecule has 0 unspecified atom stereocenters. The standard InChI is InChI=1S/C41H39BrN2O6S/c42-34-21-17-32(18-22-34)38-41(25-28-51(47,48)36-15-8-3-9-16-36,44-39(50-38)33-19-23-35(24-20-33)49-27-10-26-45)40(46)43-29-37(30-11-4-1-5-12-30)31-13-6-2-7-14-31/h1-9,11-24,37-38,45H,10,25-29H2,(H,43,46)/t38-,41-/m1/s1. The second-order valence-corrected chi connectivity index (χ2v) is 15.3. The number of halogens is 1. The zero-order chi connectivity index (χ0) is 35.7. The molecule has 0 aliphatic carbocycles. The summed E-state index contributed by atoms with van der Waals surface area (Å²) in [6, 6.07) is 42.7. The lowest BCUT2D eigenvalue weighted by molar-refractivity contribution is -0.129. The van der Waals surface area contributed by atoms with Crippen LogP contribution in [0.1, 0.15) is 47.1 Å². The molecule has 1 amide bonds. The number of aliphatic hydroxyl groups excluding tert-OH is 1. The topological polar surface area (TPSA) is 114 Å². The summed E-state index contributed by atoms with van der Waals surface area (Å²) in [5.74, 6) is -0.108. The number of amides is 1. The molecule has 1 aliphatic rings. The summed E-state index contributed by atoms with van der Waals surface area (Å²) in [5.41, 5.74) is 1.71. The molecule has 2 N–H and O–H groups in total. The van der Waals surface area contributed by atoms with Crippen molar-refractivity contribution in [3.8, 4) is 5.75 Å². The van der Waals surface area contributed by atoms with Gasteiger partial charge in [-0.25, -0.2) is 13.4 Å². The lowest BCUT2D eigenvalue weighted by Gasteiger charge is -2.31. The fourth-order valence-corrected chi connectivity index (χ4v) is 7.84. The molecule has 0 fully saturated rings. The van der Waals surface area contributed by atoms with Gasteiger partial charge in [0, 0.05) is 41.9 Å². The van der Waals surface area contributed by atoms with E-state index in [4.69, 9.17) is 19.6 Å². The van der Waals surface area contributed by atoms with Gasteiger partial charge in [-0.3, -0.25) is 4.79 Å². The number of aliphatic hydroxyl groups is 1. The molecule has 0 saturated carbocycles. The van der Waals surface area contributed by atoms with E-state index in [0.29, 0.717) is 29.9 Å². The minimum absolute atomic E-state index is 0.0295. The molecule has 0 aromatic heterocycles. The zero-order valence-corrected chi connectivity index (χ0v) is 30.3. The third-order valence-electron chi connectivity index (χ3n) is 8.93. The summed E-state index contributed by atoms with van der Waals surface area (Å²) >= 11 is 3.50. The van der Waals surface area contributed by atoms with Gasteiger partial charge in [-0.15, -0.1) is 0 Å². The van der Waals surface area contributed by atoms with E-state index in [0.717, 1.165) is 15.6 Å². The number of aliphatic imine (C=N–C) groups is 1. The Hall–Kier alpha value is -4.77. The first-order valence-electron chi connectivity index (χ1n) is 16.8. The van der Waals surface area contributed by atoms with Crippen molar-refractivity contribution >= 4 is 37.6 Å². The van der Waals surface area contributed by atoms with Gasteiger partial charge in [-0.2, -0.15) is 0 Å². The molecule has 0 saturated heterocycles. The number of rotatable bonds is 15.